The summed E-state index contributed by atoms with van der Waals surface area (Å²) in [5.41, 5.74) is 2.09. The van der Waals surface area contributed by atoms with Crippen LogP contribution in [0.4, 0.5) is 0 Å². The van der Waals surface area contributed by atoms with Crippen LogP contribution in [0.2, 0.25) is 0 Å². The van der Waals surface area contributed by atoms with Gasteiger partial charge in [0.15, 0.2) is 0 Å². The first-order valence-corrected chi connectivity index (χ1v) is 6.87. The van der Waals surface area contributed by atoms with Crippen molar-refractivity contribution in [3.05, 3.63) is 78.1 Å². The van der Waals surface area contributed by atoms with Gasteiger partial charge in [-0.2, -0.15) is 5.26 Å². The fraction of sp³-hybridized carbons (Fsp3) is 0. The monoisotopic (exact) mass is 290 g/mol. The van der Waals surface area contributed by atoms with Crippen molar-refractivity contribution in [3.63, 3.8) is 0 Å². The summed E-state index contributed by atoms with van der Waals surface area (Å²) < 4.78 is 0. The standard InChI is InChI=1S/C18H11ClN2/c19-18(17(12-20)14-8-10-21-11-9-14)16-7-3-5-13-4-1-2-6-15(13)16/h1-11H/b18-17-. The van der Waals surface area contributed by atoms with Crippen molar-refractivity contribution in [3.8, 4) is 6.07 Å². The van der Waals surface area contributed by atoms with Gasteiger partial charge in [-0.05, 0) is 28.5 Å². The van der Waals surface area contributed by atoms with Crippen LogP contribution in [0.1, 0.15) is 11.1 Å². The molecule has 0 spiro atoms. The summed E-state index contributed by atoms with van der Waals surface area (Å²) in [4.78, 5) is 3.97. The second-order valence-corrected chi connectivity index (χ2v) is 4.94. The molecule has 21 heavy (non-hydrogen) atoms. The second-order valence-electron chi connectivity index (χ2n) is 4.56. The predicted octanol–water partition coefficient (Wildman–Crippen LogP) is 4.87. The number of fused-ring (bicyclic) bond motifs is 1. The highest BCUT2D eigenvalue weighted by Gasteiger charge is 2.11. The molecule has 0 aliphatic carbocycles. The van der Waals surface area contributed by atoms with E-state index in [9.17, 15) is 5.26 Å². The van der Waals surface area contributed by atoms with Crippen LogP contribution in [0.5, 0.6) is 0 Å². The molecular formula is C18H11ClN2. The summed E-state index contributed by atoms with van der Waals surface area (Å²) in [7, 11) is 0. The highest BCUT2D eigenvalue weighted by atomic mass is 35.5. The van der Waals surface area contributed by atoms with E-state index in [1.165, 1.54) is 0 Å². The van der Waals surface area contributed by atoms with Gasteiger partial charge in [0.2, 0.25) is 0 Å². The van der Waals surface area contributed by atoms with E-state index in [0.29, 0.717) is 10.6 Å². The molecule has 3 aromatic rings. The molecule has 3 heteroatoms. The first kappa shape index (κ1) is 13.4. The molecule has 0 fully saturated rings. The molecule has 0 bridgehead atoms. The zero-order valence-corrected chi connectivity index (χ0v) is 11.9. The van der Waals surface area contributed by atoms with Gasteiger partial charge in [0.1, 0.15) is 6.07 Å². The maximum atomic E-state index is 9.47. The van der Waals surface area contributed by atoms with Gasteiger partial charge in [0, 0.05) is 18.0 Å². The van der Waals surface area contributed by atoms with Gasteiger partial charge >= 0.3 is 0 Å². The van der Waals surface area contributed by atoms with E-state index in [0.717, 1.165) is 21.9 Å². The average molecular weight is 291 g/mol. The molecule has 100 valence electrons. The second kappa shape index (κ2) is 5.78. The third-order valence-corrected chi connectivity index (χ3v) is 3.72. The molecule has 2 aromatic carbocycles. The number of halogens is 1. The molecule has 0 aliphatic heterocycles. The minimum atomic E-state index is 0.454. The van der Waals surface area contributed by atoms with Gasteiger partial charge in [0.25, 0.3) is 0 Å². The lowest BCUT2D eigenvalue weighted by molar-refractivity contribution is 1.32. The van der Waals surface area contributed by atoms with Crippen LogP contribution in [-0.4, -0.2) is 4.98 Å². The third-order valence-electron chi connectivity index (χ3n) is 3.33. The van der Waals surface area contributed by atoms with Crippen molar-refractivity contribution in [2.45, 2.75) is 0 Å². The van der Waals surface area contributed by atoms with Crippen LogP contribution in [0.3, 0.4) is 0 Å². The maximum Gasteiger partial charge on any atom is 0.101 e. The van der Waals surface area contributed by atoms with Crippen LogP contribution < -0.4 is 0 Å². The van der Waals surface area contributed by atoms with Crippen molar-refractivity contribution in [1.29, 1.82) is 5.26 Å². The lowest BCUT2D eigenvalue weighted by Crippen LogP contribution is -1.88. The molecule has 0 unspecified atom stereocenters. The lowest BCUT2D eigenvalue weighted by Gasteiger charge is -2.08. The zero-order valence-electron chi connectivity index (χ0n) is 11.1. The van der Waals surface area contributed by atoms with E-state index in [1.54, 1.807) is 24.5 Å². The van der Waals surface area contributed by atoms with Crippen LogP contribution in [0.25, 0.3) is 21.4 Å². The van der Waals surface area contributed by atoms with Crippen molar-refractivity contribution in [2.75, 3.05) is 0 Å². The third kappa shape index (κ3) is 2.52. The lowest BCUT2D eigenvalue weighted by atomic mass is 10.00. The Kier molecular flexibility index (Phi) is 3.68. The topological polar surface area (TPSA) is 36.7 Å². The molecule has 0 amide bonds. The fourth-order valence-electron chi connectivity index (χ4n) is 2.31. The van der Waals surface area contributed by atoms with E-state index in [1.807, 2.05) is 42.5 Å². The first-order valence-electron chi connectivity index (χ1n) is 6.49. The van der Waals surface area contributed by atoms with Crippen molar-refractivity contribution in [1.82, 2.24) is 4.98 Å². The van der Waals surface area contributed by atoms with Crippen LogP contribution >= 0.6 is 11.6 Å². The van der Waals surface area contributed by atoms with Crippen molar-refractivity contribution < 1.29 is 0 Å². The van der Waals surface area contributed by atoms with Gasteiger partial charge in [0.05, 0.1) is 10.6 Å². The molecule has 0 saturated heterocycles. The van der Waals surface area contributed by atoms with Crippen molar-refractivity contribution in [2.24, 2.45) is 0 Å². The van der Waals surface area contributed by atoms with Gasteiger partial charge in [-0.1, -0.05) is 54.1 Å². The molecule has 0 saturated carbocycles. The molecular weight excluding hydrogens is 280 g/mol. The summed E-state index contributed by atoms with van der Waals surface area (Å²) in [5, 5.41) is 12.1. The number of hydrogen-bond acceptors (Lipinski definition) is 2. The van der Waals surface area contributed by atoms with Crippen LogP contribution in [0.15, 0.2) is 67.0 Å². The van der Waals surface area contributed by atoms with E-state index >= 15 is 0 Å². The molecule has 3 rings (SSSR count). The molecule has 1 heterocycles. The normalized spacial score (nSPS) is 11.8. The highest BCUT2D eigenvalue weighted by molar-refractivity contribution is 6.54. The average Bonchev–Trinajstić information content (AvgIpc) is 2.56. The predicted molar refractivity (Wildman–Crippen MR) is 86.5 cm³/mol. The molecule has 1 aromatic heterocycles. The van der Waals surface area contributed by atoms with E-state index < -0.39 is 0 Å². The number of benzene rings is 2. The minimum Gasteiger partial charge on any atom is -0.265 e. The van der Waals surface area contributed by atoms with Crippen LogP contribution in [-0.2, 0) is 0 Å². The van der Waals surface area contributed by atoms with Gasteiger partial charge in [-0.3, -0.25) is 4.98 Å². The number of nitrogens with zero attached hydrogens (tertiary/aromatic N) is 2. The SMILES string of the molecule is N#C/C(=C(/Cl)c1cccc2ccccc12)c1ccncc1. The smallest absolute Gasteiger partial charge is 0.101 e. The summed E-state index contributed by atoms with van der Waals surface area (Å²) >= 11 is 6.52. The largest absolute Gasteiger partial charge is 0.265 e. The Hall–Kier alpha value is -2.63. The van der Waals surface area contributed by atoms with E-state index in [4.69, 9.17) is 11.6 Å². The van der Waals surface area contributed by atoms with Gasteiger partial charge in [-0.25, -0.2) is 0 Å². The Morgan fingerprint density at radius 1 is 0.952 bits per heavy atom. The summed E-state index contributed by atoms with van der Waals surface area (Å²) in [6, 6.07) is 19.7. The Balaban J connectivity index is 2.26. The molecule has 0 radical (unpaired) electrons. The Morgan fingerprint density at radius 3 is 2.43 bits per heavy atom. The molecule has 0 N–H and O–H groups in total. The summed E-state index contributed by atoms with van der Waals surface area (Å²) in [6.07, 6.45) is 3.31. The first-order chi connectivity index (χ1) is 10.3. The Morgan fingerprint density at radius 2 is 1.67 bits per heavy atom. The highest BCUT2D eigenvalue weighted by Crippen LogP contribution is 2.33. The van der Waals surface area contributed by atoms with Gasteiger partial charge < -0.3 is 0 Å². The fourth-order valence-corrected chi connectivity index (χ4v) is 2.63. The number of nitriles is 1. The molecule has 0 aliphatic rings. The maximum absolute atomic E-state index is 9.47. The summed E-state index contributed by atoms with van der Waals surface area (Å²) in [5.74, 6) is 0. The van der Waals surface area contributed by atoms with Crippen molar-refractivity contribution >= 4 is 33.0 Å². The molecule has 0 atom stereocenters. The van der Waals surface area contributed by atoms with E-state index in [-0.39, 0.29) is 0 Å². The summed E-state index contributed by atoms with van der Waals surface area (Å²) in [6.45, 7) is 0. The minimum absolute atomic E-state index is 0.454. The Bertz CT molecular complexity index is 856. The Labute approximate surface area is 127 Å². The number of hydrogen-bond donors (Lipinski definition) is 0. The van der Waals surface area contributed by atoms with Gasteiger partial charge in [-0.15, -0.1) is 0 Å². The van der Waals surface area contributed by atoms with Crippen LogP contribution in [0, 0.1) is 11.3 Å². The zero-order chi connectivity index (χ0) is 14.7. The number of rotatable bonds is 2. The number of allylic oxidation sites excluding steroid dienone is 1. The number of aromatic nitrogens is 1. The number of pyridine rings is 1. The quantitative estimate of drug-likeness (QED) is 0.632. The molecule has 2 nitrogen and oxygen atoms in total. The van der Waals surface area contributed by atoms with E-state index in [2.05, 4.69) is 11.1 Å².